The van der Waals surface area contributed by atoms with E-state index >= 15 is 0 Å². The predicted molar refractivity (Wildman–Crippen MR) is 103 cm³/mol. The van der Waals surface area contributed by atoms with Crippen molar-refractivity contribution in [3.63, 3.8) is 0 Å². The molecule has 2 aromatic heterocycles. The maximum Gasteiger partial charge on any atom is 0.196 e. The number of nitrogens with zero attached hydrogens (tertiary/aromatic N) is 4. The summed E-state index contributed by atoms with van der Waals surface area (Å²) < 4.78 is 15.0. The Bertz CT molecular complexity index is 1020. The van der Waals surface area contributed by atoms with E-state index in [0.29, 0.717) is 5.75 Å². The van der Waals surface area contributed by atoms with Crippen molar-refractivity contribution in [1.29, 1.82) is 0 Å². The topological polar surface area (TPSA) is 43.6 Å². The van der Waals surface area contributed by atoms with Gasteiger partial charge < -0.3 is 0 Å². The normalized spacial score (nSPS) is 11.0. The van der Waals surface area contributed by atoms with Gasteiger partial charge in [-0.15, -0.1) is 21.5 Å². The standard InChI is InChI=1S/C19H15FN4S2/c1-13-4-2-3-5-17(13)24-12-21-23-19(24)26-11-16-10-25-18(22-16)14-6-8-15(20)9-7-14/h2-10,12H,11H2,1H3. The average molecular weight is 382 g/mol. The van der Waals surface area contributed by atoms with Gasteiger partial charge in [0.1, 0.15) is 17.2 Å². The molecule has 7 heteroatoms. The summed E-state index contributed by atoms with van der Waals surface area (Å²) in [5.74, 6) is 0.457. The summed E-state index contributed by atoms with van der Waals surface area (Å²) in [6, 6.07) is 14.6. The van der Waals surface area contributed by atoms with E-state index in [1.165, 1.54) is 17.7 Å². The third-order valence-electron chi connectivity index (χ3n) is 3.88. The summed E-state index contributed by atoms with van der Waals surface area (Å²) in [6.45, 7) is 2.07. The first-order chi connectivity index (χ1) is 12.7. The van der Waals surface area contributed by atoms with E-state index in [-0.39, 0.29) is 5.82 Å². The van der Waals surface area contributed by atoms with E-state index in [0.717, 1.165) is 27.1 Å². The lowest BCUT2D eigenvalue weighted by Gasteiger charge is -2.08. The van der Waals surface area contributed by atoms with Crippen LogP contribution >= 0.6 is 23.1 Å². The van der Waals surface area contributed by atoms with Crippen molar-refractivity contribution in [3.8, 4) is 16.3 Å². The van der Waals surface area contributed by atoms with Crippen molar-refractivity contribution >= 4 is 23.1 Å². The van der Waals surface area contributed by atoms with Crippen molar-refractivity contribution < 1.29 is 4.39 Å². The molecule has 0 saturated carbocycles. The molecular weight excluding hydrogens is 367 g/mol. The van der Waals surface area contributed by atoms with Crippen LogP contribution in [0.15, 0.2) is 65.4 Å². The number of thiazole rings is 1. The zero-order valence-electron chi connectivity index (χ0n) is 14.0. The Labute approximate surface area is 158 Å². The molecule has 130 valence electrons. The van der Waals surface area contributed by atoms with Crippen molar-refractivity contribution in [1.82, 2.24) is 19.7 Å². The summed E-state index contributed by atoms with van der Waals surface area (Å²) in [6.07, 6.45) is 1.73. The Hall–Kier alpha value is -2.51. The molecule has 4 rings (SSSR count). The molecular formula is C19H15FN4S2. The molecule has 0 aliphatic heterocycles. The highest BCUT2D eigenvalue weighted by atomic mass is 32.2. The Balaban J connectivity index is 1.50. The lowest BCUT2D eigenvalue weighted by Crippen LogP contribution is -1.97. The van der Waals surface area contributed by atoms with Crippen LogP contribution in [0.3, 0.4) is 0 Å². The van der Waals surface area contributed by atoms with E-state index in [2.05, 4.69) is 34.2 Å². The fraction of sp³-hybridized carbons (Fsp3) is 0.105. The molecule has 26 heavy (non-hydrogen) atoms. The van der Waals surface area contributed by atoms with Crippen molar-refractivity contribution in [2.45, 2.75) is 17.8 Å². The summed E-state index contributed by atoms with van der Waals surface area (Å²) in [4.78, 5) is 4.65. The molecule has 0 amide bonds. The van der Waals surface area contributed by atoms with E-state index in [9.17, 15) is 4.39 Å². The zero-order valence-corrected chi connectivity index (χ0v) is 15.6. The van der Waals surface area contributed by atoms with Gasteiger partial charge in [-0.25, -0.2) is 9.37 Å². The summed E-state index contributed by atoms with van der Waals surface area (Å²) in [5, 5.41) is 12.0. The van der Waals surface area contributed by atoms with E-state index in [1.807, 2.05) is 22.1 Å². The second-order valence-electron chi connectivity index (χ2n) is 5.71. The highest BCUT2D eigenvalue weighted by Crippen LogP contribution is 2.28. The van der Waals surface area contributed by atoms with Crippen molar-refractivity contribution in [2.24, 2.45) is 0 Å². The smallest absolute Gasteiger partial charge is 0.196 e. The lowest BCUT2D eigenvalue weighted by molar-refractivity contribution is 0.628. The zero-order chi connectivity index (χ0) is 17.9. The third kappa shape index (κ3) is 3.54. The minimum atomic E-state index is -0.239. The second kappa shape index (κ2) is 7.39. The van der Waals surface area contributed by atoms with Gasteiger partial charge in [0.15, 0.2) is 5.16 Å². The first-order valence-electron chi connectivity index (χ1n) is 8.00. The number of hydrogen-bond donors (Lipinski definition) is 0. The molecule has 0 saturated heterocycles. The van der Waals surface area contributed by atoms with Gasteiger partial charge in [-0.3, -0.25) is 4.57 Å². The van der Waals surface area contributed by atoms with Crippen LogP contribution in [0.4, 0.5) is 4.39 Å². The molecule has 2 aromatic carbocycles. The molecule has 0 radical (unpaired) electrons. The number of thioether (sulfide) groups is 1. The number of hydrogen-bond acceptors (Lipinski definition) is 5. The fourth-order valence-electron chi connectivity index (χ4n) is 2.56. The number of aryl methyl sites for hydroxylation is 1. The van der Waals surface area contributed by atoms with Crippen LogP contribution in [-0.4, -0.2) is 19.7 Å². The van der Waals surface area contributed by atoms with Gasteiger partial charge in [0.05, 0.1) is 11.4 Å². The SMILES string of the molecule is Cc1ccccc1-n1cnnc1SCc1csc(-c2ccc(F)cc2)n1. The monoisotopic (exact) mass is 382 g/mol. The molecule has 2 heterocycles. The molecule has 0 bridgehead atoms. The van der Waals surface area contributed by atoms with Crippen LogP contribution in [0.5, 0.6) is 0 Å². The van der Waals surface area contributed by atoms with Gasteiger partial charge >= 0.3 is 0 Å². The number of para-hydroxylation sites is 1. The van der Waals surface area contributed by atoms with Crippen LogP contribution < -0.4 is 0 Å². The number of benzene rings is 2. The largest absolute Gasteiger partial charge is 0.276 e. The summed E-state index contributed by atoms with van der Waals surface area (Å²) >= 11 is 3.15. The summed E-state index contributed by atoms with van der Waals surface area (Å²) in [7, 11) is 0. The molecule has 0 fully saturated rings. The molecule has 0 aliphatic rings. The van der Waals surface area contributed by atoms with E-state index in [1.54, 1.807) is 41.6 Å². The third-order valence-corrected chi connectivity index (χ3v) is 5.80. The number of halogens is 1. The molecule has 0 unspecified atom stereocenters. The maximum absolute atomic E-state index is 13.1. The first-order valence-corrected chi connectivity index (χ1v) is 9.86. The Kier molecular flexibility index (Phi) is 4.81. The van der Waals surface area contributed by atoms with Crippen LogP contribution in [0.1, 0.15) is 11.3 Å². The second-order valence-corrected chi connectivity index (χ2v) is 7.51. The average Bonchev–Trinajstić information content (AvgIpc) is 3.30. The Morgan fingerprint density at radius 1 is 1.12 bits per heavy atom. The van der Waals surface area contributed by atoms with Gasteiger partial charge in [-0.1, -0.05) is 30.0 Å². The first kappa shape index (κ1) is 16.9. The number of rotatable bonds is 5. The van der Waals surface area contributed by atoms with Gasteiger partial charge in [-0.2, -0.15) is 0 Å². The van der Waals surface area contributed by atoms with Gasteiger partial charge in [0.2, 0.25) is 0 Å². The minimum Gasteiger partial charge on any atom is -0.276 e. The van der Waals surface area contributed by atoms with Crippen LogP contribution in [0.2, 0.25) is 0 Å². The van der Waals surface area contributed by atoms with E-state index in [4.69, 9.17) is 0 Å². The fourth-order valence-corrected chi connectivity index (χ4v) is 4.30. The quantitative estimate of drug-likeness (QED) is 0.449. The highest BCUT2D eigenvalue weighted by molar-refractivity contribution is 7.98. The van der Waals surface area contributed by atoms with Crippen LogP contribution in [-0.2, 0) is 5.75 Å². The summed E-state index contributed by atoms with van der Waals surface area (Å²) in [5.41, 5.74) is 4.14. The van der Waals surface area contributed by atoms with Crippen molar-refractivity contribution in [3.05, 3.63) is 77.3 Å². The Morgan fingerprint density at radius 2 is 1.92 bits per heavy atom. The maximum atomic E-state index is 13.1. The van der Waals surface area contributed by atoms with Gasteiger partial charge in [0.25, 0.3) is 0 Å². The Morgan fingerprint density at radius 3 is 2.73 bits per heavy atom. The molecule has 4 aromatic rings. The van der Waals surface area contributed by atoms with Crippen molar-refractivity contribution in [2.75, 3.05) is 0 Å². The molecule has 0 aliphatic carbocycles. The minimum absolute atomic E-state index is 0.239. The highest BCUT2D eigenvalue weighted by Gasteiger charge is 2.11. The molecule has 0 N–H and O–H groups in total. The van der Waals surface area contributed by atoms with Gasteiger partial charge in [0, 0.05) is 16.7 Å². The molecule has 0 spiro atoms. The van der Waals surface area contributed by atoms with E-state index < -0.39 is 0 Å². The number of aromatic nitrogens is 4. The lowest BCUT2D eigenvalue weighted by atomic mass is 10.2. The molecule has 4 nitrogen and oxygen atoms in total. The van der Waals surface area contributed by atoms with Gasteiger partial charge in [-0.05, 0) is 42.8 Å². The van der Waals surface area contributed by atoms with Crippen LogP contribution in [0, 0.1) is 12.7 Å². The molecule has 0 atom stereocenters. The van der Waals surface area contributed by atoms with Crippen LogP contribution in [0.25, 0.3) is 16.3 Å². The predicted octanol–water partition coefficient (Wildman–Crippen LogP) is 5.13.